The Hall–Kier alpha value is -0.160. The second-order valence-corrected chi connectivity index (χ2v) is 6.73. The van der Waals surface area contributed by atoms with E-state index in [1.165, 1.54) is 0 Å². The first-order chi connectivity index (χ1) is 8.06. The summed E-state index contributed by atoms with van der Waals surface area (Å²) in [5, 5.41) is 2.63. The molecule has 4 heteroatoms. The molecule has 0 radical (unpaired) electrons. The summed E-state index contributed by atoms with van der Waals surface area (Å²) in [7, 11) is 8.75. The second-order valence-electron chi connectivity index (χ2n) is 6.73. The van der Waals surface area contributed by atoms with Crippen LogP contribution in [0.15, 0.2) is 0 Å². The van der Waals surface area contributed by atoms with Gasteiger partial charge in [-0.1, -0.05) is 5.01 Å². The van der Waals surface area contributed by atoms with Crippen LogP contribution < -0.4 is 0 Å². The van der Waals surface area contributed by atoms with Crippen molar-refractivity contribution in [1.29, 1.82) is 0 Å². The standard InChI is InChI=1S/C14H33N4/c1-11(2)17-14(6,16(9)10)18(17,12(3)4)13(5)15(7)8/h11-13H,1-10H3/q+1. The Kier molecular flexibility index (Phi) is 4.19. The van der Waals surface area contributed by atoms with Crippen molar-refractivity contribution in [3.8, 4) is 0 Å². The summed E-state index contributed by atoms with van der Waals surface area (Å²) >= 11 is 0. The molecule has 4 atom stereocenters. The van der Waals surface area contributed by atoms with Crippen LogP contribution in [-0.2, 0) is 0 Å². The molecular formula is C14H33N4+. The van der Waals surface area contributed by atoms with Gasteiger partial charge in [0.25, 0.3) is 5.79 Å². The first kappa shape index (κ1) is 15.9. The van der Waals surface area contributed by atoms with E-state index in [1.807, 2.05) is 0 Å². The average molecular weight is 257 g/mol. The zero-order valence-electron chi connectivity index (χ0n) is 14.0. The summed E-state index contributed by atoms with van der Waals surface area (Å²) in [6.07, 6.45) is 0.472. The minimum atomic E-state index is 0.0893. The lowest BCUT2D eigenvalue weighted by Gasteiger charge is -2.36. The van der Waals surface area contributed by atoms with E-state index in [0.29, 0.717) is 18.2 Å². The van der Waals surface area contributed by atoms with Gasteiger partial charge in [-0.2, -0.15) is 4.59 Å². The zero-order valence-corrected chi connectivity index (χ0v) is 14.0. The molecule has 1 saturated heterocycles. The first-order valence-electron chi connectivity index (χ1n) is 7.08. The van der Waals surface area contributed by atoms with E-state index in [0.717, 1.165) is 4.59 Å². The van der Waals surface area contributed by atoms with Gasteiger partial charge in [0, 0.05) is 13.8 Å². The monoisotopic (exact) mass is 257 g/mol. The Morgan fingerprint density at radius 1 is 0.944 bits per heavy atom. The number of quaternary nitrogens is 1. The molecule has 0 aliphatic carbocycles. The third-order valence-electron chi connectivity index (χ3n) is 4.87. The molecule has 0 aromatic rings. The van der Waals surface area contributed by atoms with Crippen LogP contribution in [0.1, 0.15) is 41.5 Å². The lowest BCUT2D eigenvalue weighted by atomic mass is 10.2. The molecule has 1 fully saturated rings. The highest BCUT2D eigenvalue weighted by molar-refractivity contribution is 4.88. The van der Waals surface area contributed by atoms with Gasteiger partial charge in [-0.3, -0.25) is 4.90 Å². The fourth-order valence-corrected chi connectivity index (χ4v) is 3.92. The Labute approximate surface area is 114 Å². The number of hydrogen-bond acceptors (Lipinski definition) is 3. The molecule has 0 N–H and O–H groups in total. The molecule has 0 bridgehead atoms. The van der Waals surface area contributed by atoms with Crippen LogP contribution in [0.2, 0.25) is 0 Å². The van der Waals surface area contributed by atoms with Gasteiger partial charge in [-0.15, -0.1) is 0 Å². The Morgan fingerprint density at radius 3 is 1.56 bits per heavy atom. The molecule has 0 spiro atoms. The molecule has 1 aliphatic rings. The smallest absolute Gasteiger partial charge is 0.259 e. The van der Waals surface area contributed by atoms with Crippen LogP contribution in [0.25, 0.3) is 0 Å². The summed E-state index contributed by atoms with van der Waals surface area (Å²) in [5.74, 6) is 0.0893. The van der Waals surface area contributed by atoms with Gasteiger partial charge in [0.15, 0.2) is 6.17 Å². The van der Waals surface area contributed by atoms with Crippen molar-refractivity contribution in [2.45, 2.75) is 65.6 Å². The van der Waals surface area contributed by atoms with E-state index >= 15 is 0 Å². The third kappa shape index (κ3) is 1.73. The van der Waals surface area contributed by atoms with Crippen molar-refractivity contribution in [1.82, 2.24) is 14.8 Å². The second kappa shape index (κ2) is 4.75. The van der Waals surface area contributed by atoms with Gasteiger partial charge in [0.05, 0.1) is 6.04 Å². The van der Waals surface area contributed by atoms with Crippen molar-refractivity contribution >= 4 is 0 Å². The fourth-order valence-electron chi connectivity index (χ4n) is 3.92. The van der Waals surface area contributed by atoms with Crippen LogP contribution in [0.3, 0.4) is 0 Å². The highest BCUT2D eigenvalue weighted by Gasteiger charge is 2.81. The molecule has 0 aromatic carbocycles. The van der Waals surface area contributed by atoms with Crippen molar-refractivity contribution < 1.29 is 4.59 Å². The molecule has 0 amide bonds. The highest BCUT2D eigenvalue weighted by atomic mass is 16.1. The molecule has 1 heterocycles. The molecule has 18 heavy (non-hydrogen) atoms. The van der Waals surface area contributed by atoms with Crippen molar-refractivity contribution in [2.24, 2.45) is 0 Å². The maximum Gasteiger partial charge on any atom is 0.273 e. The molecule has 1 aliphatic heterocycles. The van der Waals surface area contributed by atoms with Gasteiger partial charge in [0.2, 0.25) is 0 Å². The van der Waals surface area contributed by atoms with E-state index in [9.17, 15) is 0 Å². The van der Waals surface area contributed by atoms with Gasteiger partial charge >= 0.3 is 0 Å². The van der Waals surface area contributed by atoms with E-state index < -0.39 is 0 Å². The first-order valence-corrected chi connectivity index (χ1v) is 7.08. The van der Waals surface area contributed by atoms with Crippen LogP contribution in [0, 0.1) is 0 Å². The molecule has 1 rings (SSSR count). The molecule has 108 valence electrons. The largest absolute Gasteiger partial charge is 0.273 e. The van der Waals surface area contributed by atoms with E-state index in [4.69, 9.17) is 0 Å². The van der Waals surface area contributed by atoms with Gasteiger partial charge in [0.1, 0.15) is 6.04 Å². The Balaban J connectivity index is 3.28. The fraction of sp³-hybridized carbons (Fsp3) is 1.00. The highest BCUT2D eigenvalue weighted by Crippen LogP contribution is 2.56. The predicted octanol–water partition coefficient (Wildman–Crippen LogP) is 1.99. The van der Waals surface area contributed by atoms with Gasteiger partial charge in [-0.25, -0.2) is 4.90 Å². The summed E-state index contributed by atoms with van der Waals surface area (Å²) in [4.78, 5) is 4.71. The van der Waals surface area contributed by atoms with E-state index in [1.54, 1.807) is 0 Å². The number of nitrogens with zero attached hydrogens (tertiary/aromatic N) is 4. The minimum Gasteiger partial charge on any atom is -0.259 e. The quantitative estimate of drug-likeness (QED) is 0.551. The van der Waals surface area contributed by atoms with Gasteiger partial charge in [-0.05, 0) is 55.9 Å². The van der Waals surface area contributed by atoms with Crippen molar-refractivity contribution in [3.05, 3.63) is 0 Å². The Morgan fingerprint density at radius 2 is 1.39 bits per heavy atom. The summed E-state index contributed by atoms with van der Waals surface area (Å²) in [5.41, 5.74) is 0. The maximum absolute atomic E-state index is 2.63. The normalized spacial score (nSPS) is 38.0. The summed E-state index contributed by atoms with van der Waals surface area (Å²) < 4.78 is 1.02. The molecule has 0 aromatic heterocycles. The SMILES string of the molecule is CC(C)N1C(C)(N(C)C)[N+]1(C(C)C)C(C)N(C)C. The summed E-state index contributed by atoms with van der Waals surface area (Å²) in [6, 6.07) is 1.11. The van der Waals surface area contributed by atoms with Gasteiger partial charge < -0.3 is 0 Å². The predicted molar refractivity (Wildman–Crippen MR) is 77.6 cm³/mol. The number of hydrogen-bond donors (Lipinski definition) is 0. The maximum atomic E-state index is 2.63. The van der Waals surface area contributed by atoms with Crippen LogP contribution in [-0.4, -0.2) is 71.6 Å². The molecule has 4 unspecified atom stereocenters. The van der Waals surface area contributed by atoms with Crippen LogP contribution >= 0.6 is 0 Å². The van der Waals surface area contributed by atoms with Crippen LogP contribution in [0.5, 0.6) is 0 Å². The third-order valence-corrected chi connectivity index (χ3v) is 4.87. The number of rotatable bonds is 5. The summed E-state index contributed by atoms with van der Waals surface area (Å²) in [6.45, 7) is 14.0. The molecule has 4 nitrogen and oxygen atoms in total. The lowest BCUT2D eigenvalue weighted by Crippen LogP contribution is -2.57. The Bertz CT molecular complexity index is 300. The topological polar surface area (TPSA) is 9.49 Å². The van der Waals surface area contributed by atoms with Crippen molar-refractivity contribution in [3.63, 3.8) is 0 Å². The molecular weight excluding hydrogens is 224 g/mol. The van der Waals surface area contributed by atoms with E-state index in [2.05, 4.69) is 84.5 Å². The molecule has 0 saturated carbocycles. The van der Waals surface area contributed by atoms with Crippen LogP contribution in [0.4, 0.5) is 0 Å². The minimum absolute atomic E-state index is 0.0893. The zero-order chi connectivity index (χ0) is 14.5. The average Bonchev–Trinajstić information content (AvgIpc) is 2.80. The lowest BCUT2D eigenvalue weighted by molar-refractivity contribution is -0.946. The van der Waals surface area contributed by atoms with E-state index in [-0.39, 0.29) is 5.79 Å². The van der Waals surface area contributed by atoms with Crippen molar-refractivity contribution in [2.75, 3.05) is 28.2 Å².